The van der Waals surface area contributed by atoms with Crippen LogP contribution in [0.15, 0.2) is 16.1 Å². The third-order valence-corrected chi connectivity index (χ3v) is 3.74. The summed E-state index contributed by atoms with van der Waals surface area (Å²) < 4.78 is 4.15. The molecular formula is C12H14BrN5O. The molecular weight excluding hydrogens is 310 g/mol. The van der Waals surface area contributed by atoms with E-state index in [0.717, 1.165) is 36.2 Å². The Morgan fingerprint density at radius 2 is 2.26 bits per heavy atom. The van der Waals surface area contributed by atoms with Crippen LogP contribution in [0.2, 0.25) is 0 Å². The Morgan fingerprint density at radius 3 is 3.05 bits per heavy atom. The Kier molecular flexibility index (Phi) is 3.22. The number of fused-ring (bicyclic) bond motifs is 2. The minimum Gasteiger partial charge on any atom is -0.294 e. The summed E-state index contributed by atoms with van der Waals surface area (Å²) in [5.74, 6) is 1.30. The van der Waals surface area contributed by atoms with Crippen molar-refractivity contribution in [3.63, 3.8) is 0 Å². The SMILES string of the molecule is CCCCCn1c2c(c(=O)n3ncnc13)CC(Br)=N2. The van der Waals surface area contributed by atoms with Gasteiger partial charge < -0.3 is 0 Å². The number of rotatable bonds is 4. The van der Waals surface area contributed by atoms with E-state index >= 15 is 0 Å². The minimum atomic E-state index is -0.118. The Bertz CT molecular complexity index is 715. The zero-order chi connectivity index (χ0) is 13.4. The molecule has 6 nitrogen and oxygen atoms in total. The molecule has 0 aliphatic carbocycles. The third kappa shape index (κ3) is 2.01. The van der Waals surface area contributed by atoms with E-state index in [4.69, 9.17) is 0 Å². The van der Waals surface area contributed by atoms with Gasteiger partial charge in [0.1, 0.15) is 12.1 Å². The number of unbranched alkanes of at least 4 members (excludes halogenated alkanes) is 2. The molecule has 1 aliphatic heterocycles. The first-order chi connectivity index (χ1) is 9.22. The van der Waals surface area contributed by atoms with Crippen LogP contribution in [0.4, 0.5) is 5.82 Å². The second-order valence-corrected chi connectivity index (χ2v) is 5.52. The number of nitrogens with zero attached hydrogens (tertiary/aromatic N) is 5. The molecule has 0 saturated carbocycles. The first-order valence-electron chi connectivity index (χ1n) is 6.41. The quantitative estimate of drug-likeness (QED) is 0.809. The molecule has 2 aromatic heterocycles. The summed E-state index contributed by atoms with van der Waals surface area (Å²) in [4.78, 5) is 20.9. The Morgan fingerprint density at radius 1 is 1.42 bits per heavy atom. The van der Waals surface area contributed by atoms with Crippen LogP contribution in [0.25, 0.3) is 5.78 Å². The fourth-order valence-electron chi connectivity index (χ4n) is 2.35. The van der Waals surface area contributed by atoms with Crippen molar-refractivity contribution in [1.29, 1.82) is 0 Å². The maximum absolute atomic E-state index is 12.3. The van der Waals surface area contributed by atoms with Gasteiger partial charge in [-0.1, -0.05) is 19.8 Å². The lowest BCUT2D eigenvalue weighted by molar-refractivity contribution is 0.600. The molecule has 0 saturated heterocycles. The largest absolute Gasteiger partial charge is 0.294 e. The molecule has 2 aromatic rings. The predicted molar refractivity (Wildman–Crippen MR) is 76.5 cm³/mol. The average Bonchev–Trinajstić information content (AvgIpc) is 3.00. The highest BCUT2D eigenvalue weighted by Crippen LogP contribution is 2.27. The van der Waals surface area contributed by atoms with E-state index in [2.05, 4.69) is 37.9 Å². The number of aryl methyl sites for hydroxylation is 1. The van der Waals surface area contributed by atoms with Gasteiger partial charge in [0.15, 0.2) is 0 Å². The maximum Gasteiger partial charge on any atom is 0.281 e. The van der Waals surface area contributed by atoms with Gasteiger partial charge in [0, 0.05) is 13.0 Å². The van der Waals surface area contributed by atoms with Crippen LogP contribution >= 0.6 is 15.9 Å². The molecule has 0 bridgehead atoms. The highest BCUT2D eigenvalue weighted by molar-refractivity contribution is 9.18. The standard InChI is InChI=1S/C12H14BrN5O/c1-2-3-4-5-17-10-8(6-9(13)16-10)11(19)18-12(17)14-7-15-18/h7H,2-6H2,1H3. The van der Waals surface area contributed by atoms with Crippen LogP contribution in [0.1, 0.15) is 31.7 Å². The molecule has 3 rings (SSSR count). The molecule has 0 fully saturated rings. The summed E-state index contributed by atoms with van der Waals surface area (Å²) in [7, 11) is 0. The predicted octanol–water partition coefficient (Wildman–Crippen LogP) is 2.06. The van der Waals surface area contributed by atoms with Crippen LogP contribution in [0, 0.1) is 0 Å². The number of hydrogen-bond donors (Lipinski definition) is 0. The minimum absolute atomic E-state index is 0.118. The van der Waals surface area contributed by atoms with Gasteiger partial charge in [0.2, 0.25) is 5.78 Å². The van der Waals surface area contributed by atoms with E-state index in [1.54, 1.807) is 0 Å². The Balaban J connectivity index is 2.17. The fraction of sp³-hybridized carbons (Fsp3) is 0.500. The lowest BCUT2D eigenvalue weighted by Crippen LogP contribution is -2.23. The molecule has 7 heteroatoms. The summed E-state index contributed by atoms with van der Waals surface area (Å²) >= 11 is 3.38. The first-order valence-corrected chi connectivity index (χ1v) is 7.20. The molecule has 19 heavy (non-hydrogen) atoms. The van der Waals surface area contributed by atoms with Gasteiger partial charge in [0.25, 0.3) is 5.56 Å². The summed E-state index contributed by atoms with van der Waals surface area (Å²) in [6, 6.07) is 0. The highest BCUT2D eigenvalue weighted by Gasteiger charge is 2.23. The zero-order valence-corrected chi connectivity index (χ0v) is 12.2. The normalized spacial score (nSPS) is 13.9. The second kappa shape index (κ2) is 4.88. The molecule has 0 spiro atoms. The lowest BCUT2D eigenvalue weighted by atomic mass is 10.2. The van der Waals surface area contributed by atoms with Gasteiger partial charge in [-0.25, -0.2) is 4.99 Å². The van der Waals surface area contributed by atoms with Crippen molar-refractivity contribution in [1.82, 2.24) is 19.2 Å². The Labute approximate surface area is 118 Å². The Hall–Kier alpha value is -1.50. The molecule has 3 heterocycles. The number of hydrogen-bond acceptors (Lipinski definition) is 4. The van der Waals surface area contributed by atoms with Crippen molar-refractivity contribution in [3.8, 4) is 0 Å². The van der Waals surface area contributed by atoms with Crippen LogP contribution in [0.5, 0.6) is 0 Å². The third-order valence-electron chi connectivity index (χ3n) is 3.28. The number of aromatic nitrogens is 4. The molecule has 0 atom stereocenters. The first kappa shape index (κ1) is 12.5. The van der Waals surface area contributed by atoms with E-state index in [1.165, 1.54) is 10.8 Å². The van der Waals surface area contributed by atoms with E-state index < -0.39 is 0 Å². The van der Waals surface area contributed by atoms with Gasteiger partial charge in [-0.2, -0.15) is 14.6 Å². The van der Waals surface area contributed by atoms with Gasteiger partial charge >= 0.3 is 0 Å². The van der Waals surface area contributed by atoms with Crippen molar-refractivity contribution in [2.75, 3.05) is 0 Å². The van der Waals surface area contributed by atoms with Gasteiger partial charge in [-0.05, 0) is 22.4 Å². The zero-order valence-electron chi connectivity index (χ0n) is 10.6. The molecule has 1 aliphatic rings. The van der Waals surface area contributed by atoms with Crippen molar-refractivity contribution in [2.24, 2.45) is 4.99 Å². The summed E-state index contributed by atoms with van der Waals surface area (Å²) in [5.41, 5.74) is 0.578. The van der Waals surface area contributed by atoms with Gasteiger partial charge in [-0.15, -0.1) is 0 Å². The number of aliphatic imine (C=N–C) groups is 1. The van der Waals surface area contributed by atoms with Crippen LogP contribution in [0.3, 0.4) is 0 Å². The maximum atomic E-state index is 12.3. The van der Waals surface area contributed by atoms with Gasteiger partial charge in [0.05, 0.1) is 10.2 Å². The van der Waals surface area contributed by atoms with E-state index in [0.29, 0.717) is 17.8 Å². The topological polar surface area (TPSA) is 64.5 Å². The summed E-state index contributed by atoms with van der Waals surface area (Å²) in [6.07, 6.45) is 5.30. The fourth-order valence-corrected chi connectivity index (χ4v) is 2.80. The molecule has 0 radical (unpaired) electrons. The van der Waals surface area contributed by atoms with Gasteiger partial charge in [-0.3, -0.25) is 9.36 Å². The molecule has 0 aromatic carbocycles. The number of halogens is 1. The van der Waals surface area contributed by atoms with Crippen LogP contribution in [-0.4, -0.2) is 23.8 Å². The van der Waals surface area contributed by atoms with Crippen molar-refractivity contribution in [2.45, 2.75) is 39.2 Å². The molecule has 0 unspecified atom stereocenters. The van der Waals surface area contributed by atoms with Crippen LogP contribution < -0.4 is 5.56 Å². The van der Waals surface area contributed by atoms with Crippen LogP contribution in [-0.2, 0) is 13.0 Å². The second-order valence-electron chi connectivity index (χ2n) is 4.60. The van der Waals surface area contributed by atoms with E-state index in [1.807, 2.05) is 4.57 Å². The molecule has 100 valence electrons. The summed E-state index contributed by atoms with van der Waals surface area (Å²) in [6.45, 7) is 2.97. The van der Waals surface area contributed by atoms with Crippen molar-refractivity contribution < 1.29 is 0 Å². The van der Waals surface area contributed by atoms with E-state index in [9.17, 15) is 4.79 Å². The molecule has 0 amide bonds. The van der Waals surface area contributed by atoms with E-state index in [-0.39, 0.29) is 5.56 Å². The molecule has 0 N–H and O–H groups in total. The lowest BCUT2D eigenvalue weighted by Gasteiger charge is -2.11. The average molecular weight is 324 g/mol. The van der Waals surface area contributed by atoms with Crippen molar-refractivity contribution >= 4 is 32.1 Å². The monoisotopic (exact) mass is 323 g/mol. The summed E-state index contributed by atoms with van der Waals surface area (Å²) in [5, 5.41) is 4.02. The smallest absolute Gasteiger partial charge is 0.281 e. The highest BCUT2D eigenvalue weighted by atomic mass is 79.9. The van der Waals surface area contributed by atoms with Crippen molar-refractivity contribution in [3.05, 3.63) is 22.2 Å².